The van der Waals surface area contributed by atoms with Gasteiger partial charge in [0.2, 0.25) is 11.8 Å². The summed E-state index contributed by atoms with van der Waals surface area (Å²) >= 11 is 0. The summed E-state index contributed by atoms with van der Waals surface area (Å²) in [5.74, 6) is 2.39. The van der Waals surface area contributed by atoms with E-state index in [-0.39, 0.29) is 12.3 Å². The van der Waals surface area contributed by atoms with Crippen LogP contribution in [-0.4, -0.2) is 47.7 Å². The number of amides is 1. The molecule has 1 aromatic carbocycles. The first-order valence-electron chi connectivity index (χ1n) is 10.8. The molecule has 0 bridgehead atoms. The summed E-state index contributed by atoms with van der Waals surface area (Å²) in [5.41, 5.74) is 0.829. The molecule has 7 nitrogen and oxygen atoms in total. The fourth-order valence-electron chi connectivity index (χ4n) is 3.92. The predicted octanol–water partition coefficient (Wildman–Crippen LogP) is 3.15. The summed E-state index contributed by atoms with van der Waals surface area (Å²) in [4.78, 5) is 19.5. The maximum absolute atomic E-state index is 12.8. The molecule has 4 rings (SSSR count). The van der Waals surface area contributed by atoms with Crippen LogP contribution in [0.15, 0.2) is 33.7 Å². The third-order valence-electron chi connectivity index (χ3n) is 5.99. The lowest BCUT2D eigenvalue weighted by Gasteiger charge is -2.32. The van der Waals surface area contributed by atoms with Crippen molar-refractivity contribution in [1.29, 1.82) is 0 Å². The summed E-state index contributed by atoms with van der Waals surface area (Å²) < 4.78 is 29.9. The molecule has 1 saturated carbocycles. The van der Waals surface area contributed by atoms with Crippen molar-refractivity contribution in [3.05, 3.63) is 41.5 Å². The van der Waals surface area contributed by atoms with Gasteiger partial charge in [0.1, 0.15) is 0 Å². The highest BCUT2D eigenvalue weighted by Crippen LogP contribution is 2.38. The van der Waals surface area contributed by atoms with Gasteiger partial charge in [-0.15, -0.1) is 0 Å². The molecule has 1 saturated heterocycles. The fraction of sp³-hybridized carbons (Fsp3) is 0.591. The zero-order valence-corrected chi connectivity index (χ0v) is 18.4. The SMILES string of the molecule is CC(C)S(=O)(=O)c1ccc(CC(=O)N2CCCC(Cc3nc(C4CC4)no3)C2)cc1. The van der Waals surface area contributed by atoms with Gasteiger partial charge in [0, 0.05) is 25.4 Å². The van der Waals surface area contributed by atoms with Crippen molar-refractivity contribution in [3.63, 3.8) is 0 Å². The Morgan fingerprint density at radius 1 is 1.20 bits per heavy atom. The molecule has 0 radical (unpaired) electrons. The van der Waals surface area contributed by atoms with Crippen LogP contribution in [0.25, 0.3) is 0 Å². The normalized spacial score (nSPS) is 20.0. The number of nitrogens with zero attached hydrogens (tertiary/aromatic N) is 3. The standard InChI is InChI=1S/C22H29N3O4S/c1-15(2)30(27,28)19-9-5-16(6-10-19)13-21(26)25-11-3-4-17(14-25)12-20-23-22(24-29-20)18-7-8-18/h5-6,9-10,15,17-18H,3-4,7-8,11-14H2,1-2H3. The highest BCUT2D eigenvalue weighted by molar-refractivity contribution is 7.92. The predicted molar refractivity (Wildman–Crippen MR) is 112 cm³/mol. The maximum Gasteiger partial charge on any atom is 0.226 e. The third-order valence-corrected chi connectivity index (χ3v) is 8.16. The first-order valence-corrected chi connectivity index (χ1v) is 12.3. The largest absolute Gasteiger partial charge is 0.342 e. The minimum absolute atomic E-state index is 0.0726. The van der Waals surface area contributed by atoms with Crippen molar-refractivity contribution in [1.82, 2.24) is 15.0 Å². The van der Waals surface area contributed by atoms with E-state index in [1.165, 1.54) is 0 Å². The second-order valence-corrected chi connectivity index (χ2v) is 11.3. The van der Waals surface area contributed by atoms with Gasteiger partial charge in [-0.25, -0.2) is 8.42 Å². The molecule has 1 aliphatic heterocycles. The number of aromatic nitrogens is 2. The highest BCUT2D eigenvalue weighted by atomic mass is 32.2. The van der Waals surface area contributed by atoms with Crippen molar-refractivity contribution >= 4 is 15.7 Å². The maximum atomic E-state index is 12.8. The number of hydrogen-bond donors (Lipinski definition) is 0. The molecule has 30 heavy (non-hydrogen) atoms. The van der Waals surface area contributed by atoms with E-state index in [4.69, 9.17) is 4.52 Å². The van der Waals surface area contributed by atoms with Crippen molar-refractivity contribution in [2.75, 3.05) is 13.1 Å². The lowest BCUT2D eigenvalue weighted by molar-refractivity contribution is -0.132. The Balaban J connectivity index is 1.33. The lowest BCUT2D eigenvalue weighted by Crippen LogP contribution is -2.41. The van der Waals surface area contributed by atoms with Crippen LogP contribution in [0.2, 0.25) is 0 Å². The van der Waals surface area contributed by atoms with E-state index in [0.29, 0.717) is 35.6 Å². The zero-order valence-electron chi connectivity index (χ0n) is 17.6. The molecule has 8 heteroatoms. The lowest BCUT2D eigenvalue weighted by atomic mass is 9.94. The Labute approximate surface area is 177 Å². The van der Waals surface area contributed by atoms with E-state index >= 15 is 0 Å². The van der Waals surface area contributed by atoms with Crippen molar-refractivity contribution in [3.8, 4) is 0 Å². The van der Waals surface area contributed by atoms with Crippen LogP contribution in [0.5, 0.6) is 0 Å². The third kappa shape index (κ3) is 4.74. The van der Waals surface area contributed by atoms with E-state index in [2.05, 4.69) is 10.1 Å². The van der Waals surface area contributed by atoms with Gasteiger partial charge in [-0.1, -0.05) is 17.3 Å². The molecule has 2 aliphatic rings. The minimum Gasteiger partial charge on any atom is -0.342 e. The smallest absolute Gasteiger partial charge is 0.226 e. The van der Waals surface area contributed by atoms with Gasteiger partial charge in [0.05, 0.1) is 16.6 Å². The number of likely N-dealkylation sites (tertiary alicyclic amines) is 1. The average Bonchev–Trinajstić information content (AvgIpc) is 3.48. The van der Waals surface area contributed by atoms with E-state index in [1.807, 2.05) is 4.90 Å². The number of hydrogen-bond acceptors (Lipinski definition) is 6. The van der Waals surface area contributed by atoms with Crippen LogP contribution < -0.4 is 0 Å². The summed E-state index contributed by atoms with van der Waals surface area (Å²) in [5, 5.41) is 3.62. The number of carbonyl (C=O) groups is 1. The molecule has 1 amide bonds. The van der Waals surface area contributed by atoms with Gasteiger partial charge in [-0.05, 0) is 63.1 Å². The second kappa shape index (κ2) is 8.49. The molecule has 162 valence electrons. The van der Waals surface area contributed by atoms with Gasteiger partial charge in [-0.3, -0.25) is 4.79 Å². The summed E-state index contributed by atoms with van der Waals surface area (Å²) in [7, 11) is -3.29. The van der Waals surface area contributed by atoms with Gasteiger partial charge >= 0.3 is 0 Å². The molecule has 2 fully saturated rings. The summed E-state index contributed by atoms with van der Waals surface area (Å²) in [6, 6.07) is 6.69. The molecule has 1 unspecified atom stereocenters. The average molecular weight is 432 g/mol. The summed E-state index contributed by atoms with van der Waals surface area (Å²) in [6.07, 6.45) is 5.30. The molecule has 0 spiro atoms. The topological polar surface area (TPSA) is 93.4 Å². The monoisotopic (exact) mass is 431 g/mol. The Kier molecular flexibility index (Phi) is 5.95. The van der Waals surface area contributed by atoms with Gasteiger partial charge in [-0.2, -0.15) is 4.98 Å². The number of benzene rings is 1. The molecule has 2 aromatic rings. The van der Waals surface area contributed by atoms with Crippen molar-refractivity contribution < 1.29 is 17.7 Å². The number of rotatable bonds is 7. The van der Waals surface area contributed by atoms with Gasteiger partial charge in [0.25, 0.3) is 0 Å². The first-order chi connectivity index (χ1) is 14.3. The quantitative estimate of drug-likeness (QED) is 0.669. The van der Waals surface area contributed by atoms with E-state index in [0.717, 1.165) is 43.6 Å². The molecular formula is C22H29N3O4S. The van der Waals surface area contributed by atoms with Crippen LogP contribution in [0.4, 0.5) is 0 Å². The van der Waals surface area contributed by atoms with Crippen molar-refractivity contribution in [2.45, 2.75) is 68.4 Å². The van der Waals surface area contributed by atoms with E-state index in [1.54, 1.807) is 38.1 Å². The molecule has 0 N–H and O–H groups in total. The molecule has 2 heterocycles. The number of piperidine rings is 1. The highest BCUT2D eigenvalue weighted by Gasteiger charge is 2.30. The molecule has 1 atom stereocenters. The Morgan fingerprint density at radius 3 is 2.60 bits per heavy atom. The second-order valence-electron chi connectivity index (χ2n) is 8.79. The van der Waals surface area contributed by atoms with Crippen LogP contribution >= 0.6 is 0 Å². The minimum atomic E-state index is -3.29. The molecular weight excluding hydrogens is 402 g/mol. The van der Waals surface area contributed by atoms with E-state index < -0.39 is 15.1 Å². The van der Waals surface area contributed by atoms with Crippen LogP contribution in [0.3, 0.4) is 0 Å². The van der Waals surface area contributed by atoms with E-state index in [9.17, 15) is 13.2 Å². The van der Waals surface area contributed by atoms with Crippen molar-refractivity contribution in [2.24, 2.45) is 5.92 Å². The summed E-state index contributed by atoms with van der Waals surface area (Å²) in [6.45, 7) is 4.79. The fourth-order valence-corrected chi connectivity index (χ4v) is 4.98. The van der Waals surface area contributed by atoms with Crippen LogP contribution in [-0.2, 0) is 27.5 Å². The Hall–Kier alpha value is -2.22. The van der Waals surface area contributed by atoms with Crippen LogP contribution in [0.1, 0.15) is 62.7 Å². The van der Waals surface area contributed by atoms with Crippen LogP contribution in [0, 0.1) is 5.92 Å². The Bertz CT molecular complexity index is 994. The van der Waals surface area contributed by atoms with Gasteiger partial charge in [0.15, 0.2) is 15.7 Å². The number of sulfone groups is 1. The zero-order chi connectivity index (χ0) is 21.3. The Morgan fingerprint density at radius 2 is 1.93 bits per heavy atom. The first kappa shape index (κ1) is 21.0. The molecule has 1 aromatic heterocycles. The van der Waals surface area contributed by atoms with Gasteiger partial charge < -0.3 is 9.42 Å². The number of carbonyl (C=O) groups excluding carboxylic acids is 1. The molecule has 1 aliphatic carbocycles.